The Labute approximate surface area is 155 Å². The number of carbonyl (C=O) groups excluding carboxylic acids is 1. The topological polar surface area (TPSA) is 117 Å². The smallest absolute Gasteiger partial charge is 0.241 e. The van der Waals surface area contributed by atoms with Crippen LogP contribution < -0.4 is 19.9 Å². The molecule has 0 aromatic heterocycles. The first-order valence-corrected chi connectivity index (χ1v) is 9.82. The van der Waals surface area contributed by atoms with E-state index in [-0.39, 0.29) is 17.2 Å². The molecule has 0 bridgehead atoms. The van der Waals surface area contributed by atoms with E-state index in [9.17, 15) is 13.2 Å². The zero-order chi connectivity index (χ0) is 18.7. The molecule has 1 aliphatic rings. The predicted molar refractivity (Wildman–Crippen MR) is 94.1 cm³/mol. The Morgan fingerprint density at radius 1 is 1.28 bits per heavy atom. The van der Waals surface area contributed by atoms with E-state index in [0.717, 1.165) is 0 Å². The minimum absolute atomic E-state index is 0.0168. The van der Waals surface area contributed by atoms with Crippen molar-refractivity contribution in [2.75, 3.05) is 34.0 Å². The van der Waals surface area contributed by atoms with Crippen LogP contribution in [0.3, 0.4) is 0 Å². The van der Waals surface area contributed by atoms with Crippen LogP contribution in [-0.4, -0.2) is 48.3 Å². The van der Waals surface area contributed by atoms with Gasteiger partial charge >= 0.3 is 0 Å². The summed E-state index contributed by atoms with van der Waals surface area (Å²) < 4.78 is 43.8. The highest BCUT2D eigenvalue weighted by molar-refractivity contribution is 9.10. The van der Waals surface area contributed by atoms with Crippen molar-refractivity contribution < 1.29 is 27.4 Å². The Kier molecular flexibility index (Phi) is 6.30. The van der Waals surface area contributed by atoms with Gasteiger partial charge in [0, 0.05) is 30.3 Å². The second kappa shape index (κ2) is 7.90. The lowest BCUT2D eigenvalue weighted by atomic mass is 9.80. The van der Waals surface area contributed by atoms with Crippen LogP contribution >= 0.6 is 15.9 Å². The number of ether oxygens (including phenoxy) is 3. The van der Waals surface area contributed by atoms with Gasteiger partial charge in [-0.05, 0) is 34.8 Å². The number of halogens is 1. The van der Waals surface area contributed by atoms with Crippen LogP contribution in [0.2, 0.25) is 0 Å². The van der Waals surface area contributed by atoms with Crippen LogP contribution in [0.5, 0.6) is 11.5 Å². The van der Waals surface area contributed by atoms with E-state index in [1.54, 1.807) is 0 Å². The Hall–Kier alpha value is -1.36. The number of nitrogens with two attached hydrogens (primary N) is 1. The van der Waals surface area contributed by atoms with Crippen molar-refractivity contribution in [3.63, 3.8) is 0 Å². The number of hydrogen-bond acceptors (Lipinski definition) is 6. The summed E-state index contributed by atoms with van der Waals surface area (Å²) in [4.78, 5) is 11.8. The Morgan fingerprint density at radius 3 is 2.36 bits per heavy atom. The molecule has 0 spiro atoms. The molecule has 1 fully saturated rings. The van der Waals surface area contributed by atoms with E-state index in [1.165, 1.54) is 26.4 Å². The summed E-state index contributed by atoms with van der Waals surface area (Å²) in [7, 11) is -1.03. The summed E-state index contributed by atoms with van der Waals surface area (Å²) in [6.07, 6.45) is 0.746. The fourth-order valence-electron chi connectivity index (χ4n) is 2.62. The van der Waals surface area contributed by atoms with Crippen LogP contribution in [-0.2, 0) is 19.6 Å². The molecule has 1 aromatic rings. The standard InChI is InChI=1S/C15H21BrN2O6S/c1-22-11-7-10(16)13(8-12(11)23-2)25(20,21)18-9-15(14(17)19)3-5-24-6-4-15/h7-8,18H,3-6,9H2,1-2H3,(H2,17,19). The molecule has 1 amide bonds. The van der Waals surface area contributed by atoms with Crippen LogP contribution in [0.25, 0.3) is 0 Å². The predicted octanol–water partition coefficient (Wildman–Crippen LogP) is 1.03. The highest BCUT2D eigenvalue weighted by Crippen LogP contribution is 2.36. The number of hydrogen-bond donors (Lipinski definition) is 2. The molecule has 2 rings (SSSR count). The van der Waals surface area contributed by atoms with E-state index in [2.05, 4.69) is 20.7 Å². The van der Waals surface area contributed by atoms with E-state index < -0.39 is 21.3 Å². The van der Waals surface area contributed by atoms with E-state index in [0.29, 0.717) is 36.3 Å². The number of sulfonamides is 1. The number of nitrogens with one attached hydrogen (secondary N) is 1. The van der Waals surface area contributed by atoms with Gasteiger partial charge in [-0.15, -0.1) is 0 Å². The molecule has 1 aromatic carbocycles. The molecule has 0 radical (unpaired) electrons. The van der Waals surface area contributed by atoms with Gasteiger partial charge in [0.1, 0.15) is 4.90 Å². The maximum absolute atomic E-state index is 12.7. The summed E-state index contributed by atoms with van der Waals surface area (Å²) in [5.74, 6) is 0.137. The number of benzene rings is 1. The Balaban J connectivity index is 2.28. The van der Waals surface area contributed by atoms with Gasteiger partial charge < -0.3 is 19.9 Å². The maximum Gasteiger partial charge on any atom is 0.241 e. The van der Waals surface area contributed by atoms with Crippen molar-refractivity contribution in [2.45, 2.75) is 17.7 Å². The van der Waals surface area contributed by atoms with Gasteiger partial charge in [0.15, 0.2) is 11.5 Å². The molecular weight excluding hydrogens is 416 g/mol. The van der Waals surface area contributed by atoms with Crippen LogP contribution in [0.1, 0.15) is 12.8 Å². The molecule has 0 atom stereocenters. The monoisotopic (exact) mass is 436 g/mol. The molecule has 10 heteroatoms. The first-order chi connectivity index (χ1) is 11.8. The third kappa shape index (κ3) is 4.25. The highest BCUT2D eigenvalue weighted by Gasteiger charge is 2.39. The molecule has 8 nitrogen and oxygen atoms in total. The van der Waals surface area contributed by atoms with Crippen LogP contribution in [0.15, 0.2) is 21.5 Å². The van der Waals surface area contributed by atoms with E-state index >= 15 is 0 Å². The number of carbonyl (C=O) groups is 1. The Bertz CT molecular complexity index is 747. The molecule has 0 aliphatic carbocycles. The average molecular weight is 437 g/mol. The lowest BCUT2D eigenvalue weighted by molar-refractivity contribution is -0.132. The summed E-state index contributed by atoms with van der Waals surface area (Å²) in [5, 5.41) is 0. The number of primary amides is 1. The third-order valence-electron chi connectivity index (χ3n) is 4.30. The molecule has 1 aliphatic heterocycles. The van der Waals surface area contributed by atoms with Gasteiger partial charge in [-0.2, -0.15) is 0 Å². The first kappa shape index (κ1) is 20.0. The van der Waals surface area contributed by atoms with Crippen molar-refractivity contribution in [2.24, 2.45) is 11.1 Å². The average Bonchev–Trinajstić information content (AvgIpc) is 2.60. The van der Waals surface area contributed by atoms with Gasteiger partial charge in [0.05, 0.1) is 19.6 Å². The van der Waals surface area contributed by atoms with Crippen molar-refractivity contribution in [3.8, 4) is 11.5 Å². The Morgan fingerprint density at radius 2 is 1.84 bits per heavy atom. The van der Waals surface area contributed by atoms with Gasteiger partial charge in [-0.3, -0.25) is 4.79 Å². The minimum atomic E-state index is -3.90. The zero-order valence-electron chi connectivity index (χ0n) is 14.0. The maximum atomic E-state index is 12.7. The third-order valence-corrected chi connectivity index (χ3v) is 6.66. The second-order valence-electron chi connectivity index (χ2n) is 5.72. The van der Waals surface area contributed by atoms with E-state index in [1.807, 2.05) is 0 Å². The molecule has 1 saturated heterocycles. The first-order valence-electron chi connectivity index (χ1n) is 7.54. The van der Waals surface area contributed by atoms with Crippen molar-refractivity contribution in [3.05, 3.63) is 16.6 Å². The minimum Gasteiger partial charge on any atom is -0.493 e. The molecule has 0 saturated carbocycles. The zero-order valence-corrected chi connectivity index (χ0v) is 16.4. The lowest BCUT2D eigenvalue weighted by Crippen LogP contribution is -2.49. The van der Waals surface area contributed by atoms with Gasteiger partial charge in [0.2, 0.25) is 15.9 Å². The summed E-state index contributed by atoms with van der Waals surface area (Å²) in [6.45, 7) is 0.643. The molecule has 3 N–H and O–H groups in total. The number of methoxy groups -OCH3 is 2. The summed E-state index contributed by atoms with van der Waals surface area (Å²) in [5.41, 5.74) is 4.56. The lowest BCUT2D eigenvalue weighted by Gasteiger charge is -2.34. The second-order valence-corrected chi connectivity index (χ2v) is 8.31. The van der Waals surface area contributed by atoms with Crippen molar-refractivity contribution >= 4 is 31.9 Å². The summed E-state index contributed by atoms with van der Waals surface area (Å²) in [6, 6.07) is 2.86. The number of amides is 1. The van der Waals surface area contributed by atoms with Crippen molar-refractivity contribution in [1.29, 1.82) is 0 Å². The van der Waals surface area contributed by atoms with E-state index in [4.69, 9.17) is 19.9 Å². The van der Waals surface area contributed by atoms with Gasteiger partial charge in [-0.1, -0.05) is 0 Å². The van der Waals surface area contributed by atoms with Crippen LogP contribution in [0.4, 0.5) is 0 Å². The quantitative estimate of drug-likeness (QED) is 0.658. The molecular formula is C15H21BrN2O6S. The summed E-state index contributed by atoms with van der Waals surface area (Å²) >= 11 is 3.23. The fourth-order valence-corrected chi connectivity index (χ4v) is 4.79. The fraction of sp³-hybridized carbons (Fsp3) is 0.533. The SMILES string of the molecule is COc1cc(Br)c(S(=O)(=O)NCC2(C(N)=O)CCOCC2)cc1OC. The molecule has 1 heterocycles. The molecule has 140 valence electrons. The number of rotatable bonds is 7. The van der Waals surface area contributed by atoms with Gasteiger partial charge in [0.25, 0.3) is 0 Å². The largest absolute Gasteiger partial charge is 0.493 e. The van der Waals surface area contributed by atoms with Crippen molar-refractivity contribution in [1.82, 2.24) is 4.72 Å². The highest BCUT2D eigenvalue weighted by atomic mass is 79.9. The normalized spacial score (nSPS) is 17.1. The molecule has 25 heavy (non-hydrogen) atoms. The molecule has 0 unspecified atom stereocenters. The van der Waals surface area contributed by atoms with Crippen LogP contribution in [0, 0.1) is 5.41 Å². The van der Waals surface area contributed by atoms with Gasteiger partial charge in [-0.25, -0.2) is 13.1 Å².